The van der Waals surface area contributed by atoms with Crippen LogP contribution >= 0.6 is 0 Å². The van der Waals surface area contributed by atoms with Gasteiger partial charge in [0.05, 0.1) is 0 Å². The minimum absolute atomic E-state index is 0.903. The van der Waals surface area contributed by atoms with Gasteiger partial charge in [-0.3, -0.25) is 0 Å². The van der Waals surface area contributed by atoms with Gasteiger partial charge >= 0.3 is 8.56 Å². The molecule has 0 radical (unpaired) electrons. The highest BCUT2D eigenvalue weighted by Crippen LogP contribution is 2.85. The topological polar surface area (TPSA) is 18.5 Å². The van der Waals surface area contributed by atoms with Crippen LogP contribution in [0, 0.1) is 23.7 Å². The predicted octanol–water partition coefficient (Wildman–Crippen LogP) is 1.76. The molecule has 4 aliphatic rings. The third-order valence-electron chi connectivity index (χ3n) is 4.91. The largest absolute Gasteiger partial charge is 0.397 e. The second-order valence-electron chi connectivity index (χ2n) is 5.31. The lowest BCUT2D eigenvalue weighted by molar-refractivity contribution is 0.224. The molecule has 0 spiro atoms. The van der Waals surface area contributed by atoms with Crippen molar-refractivity contribution in [2.45, 2.75) is 23.9 Å². The summed E-state index contributed by atoms with van der Waals surface area (Å²) in [6.45, 7) is 0. The van der Waals surface area contributed by atoms with E-state index >= 15 is 0 Å². The maximum absolute atomic E-state index is 5.85. The van der Waals surface area contributed by atoms with Crippen molar-refractivity contribution < 1.29 is 8.85 Å². The van der Waals surface area contributed by atoms with E-state index in [1.54, 1.807) is 0 Å². The van der Waals surface area contributed by atoms with Gasteiger partial charge in [0.2, 0.25) is 0 Å². The van der Waals surface area contributed by atoms with Crippen LogP contribution in [0.25, 0.3) is 0 Å². The number of fused-ring (bicyclic) bond motifs is 2. The maximum Gasteiger partial charge on any atom is 0.345 e. The SMILES string of the molecule is CO[Si](OC)(C1C2CC21)C1C2CC21. The third-order valence-corrected chi connectivity index (χ3v) is 9.76. The van der Waals surface area contributed by atoms with Crippen LogP contribution in [0.15, 0.2) is 0 Å². The van der Waals surface area contributed by atoms with E-state index in [-0.39, 0.29) is 0 Å². The van der Waals surface area contributed by atoms with Crippen LogP contribution in [-0.2, 0) is 8.85 Å². The Hall–Kier alpha value is 0.137. The Morgan fingerprint density at radius 3 is 1.38 bits per heavy atom. The summed E-state index contributed by atoms with van der Waals surface area (Å²) < 4.78 is 11.7. The Balaban J connectivity index is 1.61. The molecule has 4 atom stereocenters. The fourth-order valence-electron chi connectivity index (χ4n) is 3.60. The Kier molecular flexibility index (Phi) is 1.09. The highest BCUT2D eigenvalue weighted by Gasteiger charge is 2.84. The van der Waals surface area contributed by atoms with Crippen LogP contribution < -0.4 is 0 Å². The van der Waals surface area contributed by atoms with Gasteiger partial charge in [0.25, 0.3) is 0 Å². The average Bonchev–Trinajstić information content (AvgIpc) is 2.93. The number of hydrogen-bond acceptors (Lipinski definition) is 2. The van der Waals surface area contributed by atoms with Crippen molar-refractivity contribution in [3.05, 3.63) is 0 Å². The first-order chi connectivity index (χ1) is 6.33. The smallest absolute Gasteiger partial charge is 0.345 e. The number of rotatable bonds is 4. The monoisotopic (exact) mass is 196 g/mol. The Labute approximate surface area is 79.9 Å². The summed E-state index contributed by atoms with van der Waals surface area (Å²) in [5.41, 5.74) is 1.81. The standard InChI is InChI=1S/C10H16O2Si/c1-11-13(12-2,9-5-3-6(5)9)10-7-4-8(7)10/h5-10H,3-4H2,1-2H3. The van der Waals surface area contributed by atoms with Crippen molar-refractivity contribution >= 4 is 8.56 Å². The minimum Gasteiger partial charge on any atom is -0.397 e. The summed E-state index contributed by atoms with van der Waals surface area (Å²) in [4.78, 5) is 0. The molecule has 4 aliphatic carbocycles. The predicted molar refractivity (Wildman–Crippen MR) is 50.5 cm³/mol. The summed E-state index contributed by atoms with van der Waals surface area (Å²) in [6, 6.07) is 0. The Bertz CT molecular complexity index is 236. The zero-order chi connectivity index (χ0) is 8.79. The first-order valence-electron chi connectivity index (χ1n) is 5.44. The molecule has 0 bridgehead atoms. The molecule has 13 heavy (non-hydrogen) atoms. The molecule has 0 N–H and O–H groups in total. The van der Waals surface area contributed by atoms with Gasteiger partial charge in [0.15, 0.2) is 0 Å². The molecule has 2 nitrogen and oxygen atoms in total. The van der Waals surface area contributed by atoms with Crippen LogP contribution in [0.4, 0.5) is 0 Å². The molecular formula is C10H16O2Si. The van der Waals surface area contributed by atoms with Gasteiger partial charge in [-0.2, -0.15) is 0 Å². The summed E-state index contributed by atoms with van der Waals surface area (Å²) in [7, 11) is 2.09. The van der Waals surface area contributed by atoms with Crippen molar-refractivity contribution in [1.82, 2.24) is 0 Å². The van der Waals surface area contributed by atoms with E-state index in [1.165, 1.54) is 12.8 Å². The van der Waals surface area contributed by atoms with E-state index in [4.69, 9.17) is 8.85 Å². The Morgan fingerprint density at radius 1 is 0.846 bits per heavy atom. The van der Waals surface area contributed by atoms with Gasteiger partial charge in [-0.25, -0.2) is 0 Å². The summed E-state index contributed by atoms with van der Waals surface area (Å²) >= 11 is 0. The first kappa shape index (κ1) is 7.43. The summed E-state index contributed by atoms with van der Waals surface area (Å²) in [5, 5.41) is 0. The minimum atomic E-state index is -1.70. The molecule has 0 heterocycles. The Morgan fingerprint density at radius 2 is 1.23 bits per heavy atom. The molecule has 3 heteroatoms. The lowest BCUT2D eigenvalue weighted by Crippen LogP contribution is -2.45. The molecule has 4 unspecified atom stereocenters. The molecule has 0 aromatic heterocycles. The van der Waals surface area contributed by atoms with Crippen molar-refractivity contribution in [2.75, 3.05) is 14.2 Å². The lowest BCUT2D eigenvalue weighted by Gasteiger charge is -2.32. The van der Waals surface area contributed by atoms with E-state index < -0.39 is 8.56 Å². The van der Waals surface area contributed by atoms with E-state index in [9.17, 15) is 0 Å². The molecule has 0 aromatic rings. The van der Waals surface area contributed by atoms with Gasteiger partial charge in [-0.1, -0.05) is 0 Å². The molecule has 0 saturated heterocycles. The van der Waals surface area contributed by atoms with Gasteiger partial charge in [-0.05, 0) is 36.5 Å². The van der Waals surface area contributed by atoms with Crippen molar-refractivity contribution in [2.24, 2.45) is 23.7 Å². The molecule has 0 aromatic carbocycles. The fourth-order valence-corrected chi connectivity index (χ4v) is 9.00. The average molecular weight is 196 g/mol. The van der Waals surface area contributed by atoms with Crippen LogP contribution in [0.3, 0.4) is 0 Å². The van der Waals surface area contributed by atoms with Gasteiger partial charge < -0.3 is 8.85 Å². The molecule has 4 rings (SSSR count). The van der Waals surface area contributed by atoms with Crippen molar-refractivity contribution in [3.8, 4) is 0 Å². The van der Waals surface area contributed by atoms with Crippen molar-refractivity contribution in [3.63, 3.8) is 0 Å². The van der Waals surface area contributed by atoms with E-state index in [2.05, 4.69) is 0 Å². The highest BCUT2D eigenvalue weighted by molar-refractivity contribution is 6.73. The van der Waals surface area contributed by atoms with Gasteiger partial charge in [-0.15, -0.1) is 0 Å². The maximum atomic E-state index is 5.85. The molecule has 0 aliphatic heterocycles. The second-order valence-corrected chi connectivity index (χ2v) is 8.90. The zero-order valence-electron chi connectivity index (χ0n) is 8.19. The van der Waals surface area contributed by atoms with Crippen molar-refractivity contribution in [1.29, 1.82) is 0 Å². The first-order valence-corrected chi connectivity index (χ1v) is 7.41. The van der Waals surface area contributed by atoms with Gasteiger partial charge in [0, 0.05) is 25.3 Å². The quantitative estimate of drug-likeness (QED) is 0.638. The highest BCUT2D eigenvalue weighted by atomic mass is 28.4. The van der Waals surface area contributed by atoms with Gasteiger partial charge in [0.1, 0.15) is 0 Å². The molecule has 0 amide bonds. The summed E-state index contributed by atoms with van der Waals surface area (Å²) in [5.74, 6) is 4.14. The molecule has 4 fully saturated rings. The van der Waals surface area contributed by atoms with Crippen LogP contribution in [-0.4, -0.2) is 22.8 Å². The summed E-state index contributed by atoms with van der Waals surface area (Å²) in [6.07, 6.45) is 2.96. The van der Waals surface area contributed by atoms with Crippen LogP contribution in [0.1, 0.15) is 12.8 Å². The van der Waals surface area contributed by atoms with E-state index in [1.807, 2.05) is 14.2 Å². The van der Waals surface area contributed by atoms with E-state index in [0.717, 1.165) is 34.8 Å². The number of hydrogen-bond donors (Lipinski definition) is 0. The normalized spacial score (nSPS) is 59.5. The fraction of sp³-hybridized carbons (Fsp3) is 1.00. The third kappa shape index (κ3) is 0.702. The molecule has 72 valence electrons. The second kappa shape index (κ2) is 1.90. The molecular weight excluding hydrogens is 180 g/mol. The van der Waals surface area contributed by atoms with E-state index in [0.29, 0.717) is 0 Å². The lowest BCUT2D eigenvalue weighted by atomic mass is 10.4. The van der Waals surface area contributed by atoms with Crippen LogP contribution in [0.5, 0.6) is 0 Å². The van der Waals surface area contributed by atoms with Crippen LogP contribution in [0.2, 0.25) is 11.1 Å². The molecule has 4 saturated carbocycles. The zero-order valence-corrected chi connectivity index (χ0v) is 9.19.